The van der Waals surface area contributed by atoms with Gasteiger partial charge in [0.25, 0.3) is 5.56 Å². The Labute approximate surface area is 159 Å². The maximum atomic E-state index is 12.1. The number of nitrogens with zero attached hydrogens (tertiary/aromatic N) is 1. The third-order valence-electron chi connectivity index (χ3n) is 5.41. The Morgan fingerprint density at radius 1 is 0.963 bits per heavy atom. The van der Waals surface area contributed by atoms with Gasteiger partial charge < -0.3 is 4.57 Å². The first-order valence-corrected chi connectivity index (χ1v) is 9.39. The summed E-state index contributed by atoms with van der Waals surface area (Å²) in [6, 6.07) is 16.8. The van der Waals surface area contributed by atoms with Crippen LogP contribution in [0.5, 0.6) is 0 Å². The fourth-order valence-electron chi connectivity index (χ4n) is 4.02. The number of pyridine rings is 1. The summed E-state index contributed by atoms with van der Waals surface area (Å²) in [6.07, 6.45) is 4.70. The molecule has 0 fully saturated rings. The highest BCUT2D eigenvalue weighted by Gasteiger charge is 2.20. The summed E-state index contributed by atoms with van der Waals surface area (Å²) in [5, 5.41) is 0. The highest BCUT2D eigenvalue weighted by Crippen LogP contribution is 2.31. The SMILES string of the molecule is Cc1cc(-c2cc3c(c(Cc4ccccc4)c2)CCC(=O)C3)cn(C)c1=O. The van der Waals surface area contributed by atoms with E-state index in [1.165, 1.54) is 16.7 Å². The second kappa shape index (κ2) is 6.99. The second-order valence-corrected chi connectivity index (χ2v) is 7.48. The first kappa shape index (κ1) is 17.5. The van der Waals surface area contributed by atoms with Gasteiger partial charge in [-0.25, -0.2) is 0 Å². The van der Waals surface area contributed by atoms with E-state index < -0.39 is 0 Å². The minimum Gasteiger partial charge on any atom is -0.318 e. The summed E-state index contributed by atoms with van der Waals surface area (Å²) in [4.78, 5) is 24.1. The second-order valence-electron chi connectivity index (χ2n) is 7.48. The molecule has 1 aliphatic carbocycles. The molecule has 0 saturated heterocycles. The molecule has 0 N–H and O–H groups in total. The largest absolute Gasteiger partial charge is 0.318 e. The first-order valence-electron chi connectivity index (χ1n) is 9.39. The third-order valence-corrected chi connectivity index (χ3v) is 5.41. The number of aryl methyl sites for hydroxylation is 2. The molecule has 0 unspecified atom stereocenters. The molecular formula is C24H23NO2. The van der Waals surface area contributed by atoms with E-state index in [0.717, 1.165) is 35.1 Å². The zero-order chi connectivity index (χ0) is 19.0. The van der Waals surface area contributed by atoms with Crippen LogP contribution in [0, 0.1) is 6.92 Å². The molecule has 0 atom stereocenters. The Morgan fingerprint density at radius 3 is 2.48 bits per heavy atom. The fraction of sp³-hybridized carbons (Fsp3) is 0.250. The van der Waals surface area contributed by atoms with Gasteiger partial charge in [0.1, 0.15) is 5.78 Å². The summed E-state index contributed by atoms with van der Waals surface area (Å²) in [5.41, 5.74) is 7.87. The van der Waals surface area contributed by atoms with Crippen molar-refractivity contribution in [1.82, 2.24) is 4.57 Å². The minimum absolute atomic E-state index is 0.0244. The van der Waals surface area contributed by atoms with Gasteiger partial charge in [0, 0.05) is 31.6 Å². The lowest BCUT2D eigenvalue weighted by Crippen LogP contribution is -2.19. The molecule has 3 heteroatoms. The van der Waals surface area contributed by atoms with Crippen LogP contribution in [-0.4, -0.2) is 10.4 Å². The van der Waals surface area contributed by atoms with Crippen LogP contribution in [0.15, 0.2) is 59.5 Å². The van der Waals surface area contributed by atoms with E-state index in [9.17, 15) is 9.59 Å². The van der Waals surface area contributed by atoms with Gasteiger partial charge in [-0.3, -0.25) is 9.59 Å². The third kappa shape index (κ3) is 3.50. The minimum atomic E-state index is 0.0244. The van der Waals surface area contributed by atoms with Crippen molar-refractivity contribution in [2.24, 2.45) is 7.05 Å². The van der Waals surface area contributed by atoms with E-state index in [2.05, 4.69) is 36.4 Å². The molecule has 3 aromatic rings. The molecule has 1 aromatic heterocycles. The molecule has 1 heterocycles. The number of ketones is 1. The molecule has 1 aliphatic rings. The van der Waals surface area contributed by atoms with E-state index in [4.69, 9.17) is 0 Å². The van der Waals surface area contributed by atoms with Crippen molar-refractivity contribution < 1.29 is 4.79 Å². The van der Waals surface area contributed by atoms with Gasteiger partial charge in [-0.2, -0.15) is 0 Å². The lowest BCUT2D eigenvalue weighted by atomic mass is 9.83. The average molecular weight is 357 g/mol. The summed E-state index contributed by atoms with van der Waals surface area (Å²) in [6.45, 7) is 1.85. The molecule has 3 nitrogen and oxygen atoms in total. The molecule has 2 aromatic carbocycles. The average Bonchev–Trinajstić information content (AvgIpc) is 2.66. The lowest BCUT2D eigenvalue weighted by Gasteiger charge is -2.21. The van der Waals surface area contributed by atoms with Crippen LogP contribution in [0.25, 0.3) is 11.1 Å². The van der Waals surface area contributed by atoms with Crippen molar-refractivity contribution in [3.63, 3.8) is 0 Å². The van der Waals surface area contributed by atoms with E-state index in [1.54, 1.807) is 11.6 Å². The molecule has 4 rings (SSSR count). The van der Waals surface area contributed by atoms with Crippen LogP contribution in [0.1, 0.15) is 34.2 Å². The van der Waals surface area contributed by atoms with Crippen molar-refractivity contribution in [3.8, 4) is 11.1 Å². The number of aromatic nitrogens is 1. The molecule has 0 aliphatic heterocycles. The Kier molecular flexibility index (Phi) is 4.53. The predicted molar refractivity (Wildman–Crippen MR) is 108 cm³/mol. The summed E-state index contributed by atoms with van der Waals surface area (Å²) >= 11 is 0. The summed E-state index contributed by atoms with van der Waals surface area (Å²) in [5.74, 6) is 0.307. The Bertz CT molecular complexity index is 1050. The van der Waals surface area contributed by atoms with Gasteiger partial charge in [-0.15, -0.1) is 0 Å². The van der Waals surface area contributed by atoms with E-state index in [-0.39, 0.29) is 5.56 Å². The van der Waals surface area contributed by atoms with Crippen molar-refractivity contribution in [3.05, 3.63) is 92.9 Å². The van der Waals surface area contributed by atoms with E-state index in [0.29, 0.717) is 18.6 Å². The number of carbonyl (C=O) groups is 1. The van der Waals surface area contributed by atoms with Gasteiger partial charge in [0.05, 0.1) is 0 Å². The number of benzene rings is 2. The molecule has 0 radical (unpaired) electrons. The zero-order valence-electron chi connectivity index (χ0n) is 15.8. The number of Topliss-reactive ketones (excluding diaryl/α,β-unsaturated/α-hetero) is 1. The fourth-order valence-corrected chi connectivity index (χ4v) is 4.02. The Hall–Kier alpha value is -2.94. The molecule has 0 amide bonds. The summed E-state index contributed by atoms with van der Waals surface area (Å²) in [7, 11) is 1.78. The molecule has 0 bridgehead atoms. The molecule has 0 saturated carbocycles. The van der Waals surface area contributed by atoms with E-state index >= 15 is 0 Å². The quantitative estimate of drug-likeness (QED) is 0.710. The molecular weight excluding hydrogens is 334 g/mol. The predicted octanol–water partition coefficient (Wildman–Crippen LogP) is 4.01. The molecule has 27 heavy (non-hydrogen) atoms. The molecule has 136 valence electrons. The number of hydrogen-bond donors (Lipinski definition) is 0. The van der Waals surface area contributed by atoms with Gasteiger partial charge in [0.15, 0.2) is 0 Å². The maximum absolute atomic E-state index is 12.1. The number of rotatable bonds is 3. The van der Waals surface area contributed by atoms with Gasteiger partial charge in [-0.05, 0) is 59.2 Å². The van der Waals surface area contributed by atoms with Gasteiger partial charge in [0.2, 0.25) is 0 Å². The molecule has 0 spiro atoms. The highest BCUT2D eigenvalue weighted by molar-refractivity contribution is 5.84. The topological polar surface area (TPSA) is 39.1 Å². The summed E-state index contributed by atoms with van der Waals surface area (Å²) < 4.78 is 1.63. The van der Waals surface area contributed by atoms with Crippen LogP contribution in [-0.2, 0) is 31.1 Å². The number of fused-ring (bicyclic) bond motifs is 1. The van der Waals surface area contributed by atoms with Crippen LogP contribution < -0.4 is 5.56 Å². The first-order chi connectivity index (χ1) is 13.0. The zero-order valence-corrected chi connectivity index (χ0v) is 15.8. The number of carbonyl (C=O) groups excluding carboxylic acids is 1. The van der Waals surface area contributed by atoms with Crippen LogP contribution >= 0.6 is 0 Å². The highest BCUT2D eigenvalue weighted by atomic mass is 16.1. The van der Waals surface area contributed by atoms with Crippen LogP contribution in [0.4, 0.5) is 0 Å². The Balaban J connectivity index is 1.86. The standard InChI is InChI=1S/C24H23NO2/c1-16-10-21(15-25(2)24(16)27)18-12-19(11-17-6-4-3-5-7-17)23-9-8-22(26)14-20(23)13-18/h3-7,10,12-13,15H,8-9,11,14H2,1-2H3. The maximum Gasteiger partial charge on any atom is 0.253 e. The Morgan fingerprint density at radius 2 is 1.74 bits per heavy atom. The van der Waals surface area contributed by atoms with Gasteiger partial charge in [-0.1, -0.05) is 42.5 Å². The van der Waals surface area contributed by atoms with Crippen LogP contribution in [0.2, 0.25) is 0 Å². The van der Waals surface area contributed by atoms with Crippen LogP contribution in [0.3, 0.4) is 0 Å². The van der Waals surface area contributed by atoms with Crippen molar-refractivity contribution >= 4 is 5.78 Å². The van der Waals surface area contributed by atoms with Crippen molar-refractivity contribution in [1.29, 1.82) is 0 Å². The van der Waals surface area contributed by atoms with Gasteiger partial charge >= 0.3 is 0 Å². The van der Waals surface area contributed by atoms with Crippen molar-refractivity contribution in [2.75, 3.05) is 0 Å². The monoisotopic (exact) mass is 357 g/mol. The van der Waals surface area contributed by atoms with Crippen molar-refractivity contribution in [2.45, 2.75) is 32.6 Å². The smallest absolute Gasteiger partial charge is 0.253 e. The normalized spacial score (nSPS) is 13.5. The number of hydrogen-bond acceptors (Lipinski definition) is 2. The lowest BCUT2D eigenvalue weighted by molar-refractivity contribution is -0.118. The van der Waals surface area contributed by atoms with E-state index in [1.807, 2.05) is 25.3 Å².